The van der Waals surface area contributed by atoms with E-state index >= 15 is 0 Å². The molecular formula is C13H14ClF2N3. The summed E-state index contributed by atoms with van der Waals surface area (Å²) in [5.41, 5.74) is 0.936. The van der Waals surface area contributed by atoms with E-state index in [0.717, 1.165) is 0 Å². The molecule has 1 aromatic heterocycles. The topological polar surface area (TPSA) is 29.9 Å². The molecule has 1 N–H and O–H groups in total. The molecule has 2 rings (SSSR count). The van der Waals surface area contributed by atoms with Crippen molar-refractivity contribution >= 4 is 11.6 Å². The first kappa shape index (κ1) is 14.0. The quantitative estimate of drug-likeness (QED) is 0.910. The number of alkyl halides is 2. The summed E-state index contributed by atoms with van der Waals surface area (Å²) >= 11 is 5.88. The molecule has 6 heteroatoms. The summed E-state index contributed by atoms with van der Waals surface area (Å²) in [6.45, 7) is 3.01. The number of aromatic nitrogens is 2. The van der Waals surface area contributed by atoms with E-state index in [-0.39, 0.29) is 5.69 Å². The van der Waals surface area contributed by atoms with Crippen molar-refractivity contribution in [1.82, 2.24) is 15.1 Å². The summed E-state index contributed by atoms with van der Waals surface area (Å²) in [6, 6.07) is 6.70. The fourth-order valence-electron chi connectivity index (χ4n) is 1.83. The number of nitrogens with one attached hydrogen (secondary N) is 1. The molecule has 0 aliphatic carbocycles. The molecule has 1 heterocycles. The Morgan fingerprint density at radius 2 is 2.21 bits per heavy atom. The van der Waals surface area contributed by atoms with E-state index in [1.165, 1.54) is 10.9 Å². The number of benzene rings is 1. The molecule has 19 heavy (non-hydrogen) atoms. The molecular weight excluding hydrogens is 272 g/mol. The van der Waals surface area contributed by atoms with Gasteiger partial charge in [0.1, 0.15) is 5.69 Å². The summed E-state index contributed by atoms with van der Waals surface area (Å²) in [7, 11) is 0. The second-order valence-electron chi connectivity index (χ2n) is 4.03. The maximum atomic E-state index is 13.2. The molecule has 0 spiro atoms. The van der Waals surface area contributed by atoms with Gasteiger partial charge in [-0.25, -0.2) is 13.5 Å². The minimum Gasteiger partial charge on any atom is -0.313 e. The Labute approximate surface area is 115 Å². The van der Waals surface area contributed by atoms with E-state index in [4.69, 9.17) is 11.6 Å². The lowest BCUT2D eigenvalue weighted by Crippen LogP contribution is -2.13. The second-order valence-corrected chi connectivity index (χ2v) is 4.46. The number of halogens is 3. The van der Waals surface area contributed by atoms with Gasteiger partial charge in [-0.3, -0.25) is 0 Å². The van der Waals surface area contributed by atoms with Crippen molar-refractivity contribution < 1.29 is 8.78 Å². The normalized spacial score (nSPS) is 11.2. The summed E-state index contributed by atoms with van der Waals surface area (Å²) in [6.07, 6.45) is -1.12. The van der Waals surface area contributed by atoms with Crippen LogP contribution >= 0.6 is 11.6 Å². The molecule has 0 radical (unpaired) electrons. The molecule has 0 aliphatic heterocycles. The Morgan fingerprint density at radius 3 is 2.84 bits per heavy atom. The Kier molecular flexibility index (Phi) is 4.50. The first-order valence-electron chi connectivity index (χ1n) is 5.95. The van der Waals surface area contributed by atoms with Crippen LogP contribution in [0.4, 0.5) is 8.78 Å². The highest BCUT2D eigenvalue weighted by molar-refractivity contribution is 6.30. The van der Waals surface area contributed by atoms with Gasteiger partial charge in [-0.2, -0.15) is 5.10 Å². The van der Waals surface area contributed by atoms with Gasteiger partial charge in [0, 0.05) is 17.1 Å². The highest BCUT2D eigenvalue weighted by atomic mass is 35.5. The van der Waals surface area contributed by atoms with Gasteiger partial charge in [-0.05, 0) is 24.7 Å². The molecule has 0 bridgehead atoms. The zero-order valence-electron chi connectivity index (χ0n) is 10.4. The average molecular weight is 286 g/mol. The molecule has 0 amide bonds. The van der Waals surface area contributed by atoms with Crippen molar-refractivity contribution in [2.75, 3.05) is 6.54 Å². The highest BCUT2D eigenvalue weighted by Crippen LogP contribution is 2.26. The summed E-state index contributed by atoms with van der Waals surface area (Å²) in [5.74, 6) is 0. The standard InChI is InChI=1S/C13H14ClF2N3/c1-2-17-7-9-8-18-19(12(9)13(15)16)11-5-3-4-10(14)6-11/h3-6,8,13,17H,2,7H2,1H3. The van der Waals surface area contributed by atoms with Crippen molar-refractivity contribution in [3.63, 3.8) is 0 Å². The first-order chi connectivity index (χ1) is 9.13. The van der Waals surface area contributed by atoms with Crippen LogP contribution in [-0.4, -0.2) is 16.3 Å². The molecule has 2 aromatic rings. The lowest BCUT2D eigenvalue weighted by Gasteiger charge is -2.09. The van der Waals surface area contributed by atoms with Crippen LogP contribution in [0.2, 0.25) is 5.02 Å². The van der Waals surface area contributed by atoms with Crippen LogP contribution in [0.15, 0.2) is 30.5 Å². The van der Waals surface area contributed by atoms with Crippen LogP contribution in [0, 0.1) is 0 Å². The van der Waals surface area contributed by atoms with Crippen molar-refractivity contribution in [1.29, 1.82) is 0 Å². The second kappa shape index (κ2) is 6.12. The molecule has 0 atom stereocenters. The van der Waals surface area contributed by atoms with E-state index in [2.05, 4.69) is 10.4 Å². The van der Waals surface area contributed by atoms with Gasteiger partial charge in [-0.15, -0.1) is 0 Å². The molecule has 1 aromatic carbocycles. The lowest BCUT2D eigenvalue weighted by atomic mass is 10.2. The van der Waals surface area contributed by atoms with Crippen LogP contribution in [0.25, 0.3) is 5.69 Å². The fourth-order valence-corrected chi connectivity index (χ4v) is 2.02. The third-order valence-corrected chi connectivity index (χ3v) is 2.95. The Bertz CT molecular complexity index is 555. The van der Waals surface area contributed by atoms with Crippen LogP contribution in [0.1, 0.15) is 24.6 Å². The van der Waals surface area contributed by atoms with Crippen LogP contribution in [-0.2, 0) is 6.54 Å². The van der Waals surface area contributed by atoms with E-state index in [1.807, 2.05) is 6.92 Å². The minimum atomic E-state index is -2.59. The van der Waals surface area contributed by atoms with Gasteiger partial charge in [-0.1, -0.05) is 24.6 Å². The molecule has 3 nitrogen and oxygen atoms in total. The van der Waals surface area contributed by atoms with Crippen LogP contribution < -0.4 is 5.32 Å². The van der Waals surface area contributed by atoms with Gasteiger partial charge < -0.3 is 5.32 Å². The zero-order chi connectivity index (χ0) is 13.8. The molecule has 0 saturated carbocycles. The summed E-state index contributed by atoms with van der Waals surface area (Å²) in [5, 5.41) is 7.55. The predicted octanol–water partition coefficient (Wildman–Crippen LogP) is 3.57. The monoisotopic (exact) mass is 285 g/mol. The number of nitrogens with zero attached hydrogens (tertiary/aromatic N) is 2. The van der Waals surface area contributed by atoms with Gasteiger partial charge in [0.25, 0.3) is 6.43 Å². The zero-order valence-corrected chi connectivity index (χ0v) is 11.2. The van der Waals surface area contributed by atoms with Crippen molar-refractivity contribution in [3.05, 3.63) is 46.7 Å². The fraction of sp³-hybridized carbons (Fsp3) is 0.308. The SMILES string of the molecule is CCNCc1cnn(-c2cccc(Cl)c2)c1C(F)F. The molecule has 0 saturated heterocycles. The van der Waals surface area contributed by atoms with E-state index in [0.29, 0.717) is 29.4 Å². The Balaban J connectivity index is 2.43. The summed E-state index contributed by atoms with van der Waals surface area (Å²) in [4.78, 5) is 0. The maximum Gasteiger partial charge on any atom is 0.280 e. The molecule has 0 aliphatic rings. The predicted molar refractivity (Wildman–Crippen MR) is 70.9 cm³/mol. The number of rotatable bonds is 5. The van der Waals surface area contributed by atoms with Crippen molar-refractivity contribution in [2.24, 2.45) is 0 Å². The van der Waals surface area contributed by atoms with Crippen LogP contribution in [0.3, 0.4) is 0 Å². The maximum absolute atomic E-state index is 13.2. The average Bonchev–Trinajstić information content (AvgIpc) is 2.80. The van der Waals surface area contributed by atoms with E-state index in [1.54, 1.807) is 24.3 Å². The smallest absolute Gasteiger partial charge is 0.280 e. The van der Waals surface area contributed by atoms with Crippen molar-refractivity contribution in [3.8, 4) is 5.69 Å². The van der Waals surface area contributed by atoms with Gasteiger partial charge in [0.15, 0.2) is 0 Å². The largest absolute Gasteiger partial charge is 0.313 e. The third kappa shape index (κ3) is 3.11. The highest BCUT2D eigenvalue weighted by Gasteiger charge is 2.20. The Hall–Kier alpha value is -1.46. The Morgan fingerprint density at radius 1 is 1.42 bits per heavy atom. The van der Waals surface area contributed by atoms with Crippen molar-refractivity contribution in [2.45, 2.75) is 19.9 Å². The molecule has 102 valence electrons. The number of hydrogen-bond acceptors (Lipinski definition) is 2. The van der Waals surface area contributed by atoms with Gasteiger partial charge in [0.2, 0.25) is 0 Å². The lowest BCUT2D eigenvalue weighted by molar-refractivity contribution is 0.141. The minimum absolute atomic E-state index is 0.0942. The van der Waals surface area contributed by atoms with Gasteiger partial charge in [0.05, 0.1) is 11.9 Å². The first-order valence-corrected chi connectivity index (χ1v) is 6.33. The molecule has 0 fully saturated rings. The van der Waals surface area contributed by atoms with Gasteiger partial charge >= 0.3 is 0 Å². The molecule has 0 unspecified atom stereocenters. The van der Waals surface area contributed by atoms with Crippen LogP contribution in [0.5, 0.6) is 0 Å². The summed E-state index contributed by atoms with van der Waals surface area (Å²) < 4.78 is 27.7. The van der Waals surface area contributed by atoms with E-state index < -0.39 is 6.43 Å². The number of hydrogen-bond donors (Lipinski definition) is 1. The third-order valence-electron chi connectivity index (χ3n) is 2.71. The van der Waals surface area contributed by atoms with E-state index in [9.17, 15) is 8.78 Å².